The Morgan fingerprint density at radius 3 is 2.52 bits per heavy atom. The van der Waals surface area contributed by atoms with Gasteiger partial charge in [-0.15, -0.1) is 0 Å². The Morgan fingerprint density at radius 1 is 1.22 bits per heavy atom. The van der Waals surface area contributed by atoms with Gasteiger partial charge in [0.2, 0.25) is 0 Å². The molecule has 4 aliphatic rings. The van der Waals surface area contributed by atoms with Gasteiger partial charge in [-0.1, -0.05) is 60.1 Å². The van der Waals surface area contributed by atoms with E-state index in [4.69, 9.17) is 4.43 Å². The zero-order valence-corrected chi connectivity index (χ0v) is 19.8. The average Bonchev–Trinajstić information content (AvgIpc) is 2.86. The van der Waals surface area contributed by atoms with Crippen molar-refractivity contribution < 1.29 is 9.22 Å². The standard InChI is InChI=1S/C24H40O2Si/c1-16-15-24(26-27(7,8)21(2,3)4)19(22(24,5)6)18-13-9-11-17-12-10-14-23(16,17)20(18)25/h9,11,16-19H,10,12-15H2,1-8H3/t16-,17-,18+,19-,23-,24+/m1/s1. The fraction of sp³-hybridized carbons (Fsp3) is 0.875. The molecular formula is C24H40O2Si. The first-order valence-electron chi connectivity index (χ1n) is 11.2. The van der Waals surface area contributed by atoms with Gasteiger partial charge in [-0.3, -0.25) is 4.79 Å². The van der Waals surface area contributed by atoms with Crippen molar-refractivity contribution in [3.05, 3.63) is 12.2 Å². The number of rotatable bonds is 2. The van der Waals surface area contributed by atoms with Crippen molar-refractivity contribution in [2.45, 2.75) is 97.4 Å². The minimum atomic E-state index is -1.91. The van der Waals surface area contributed by atoms with Crippen LogP contribution in [0.4, 0.5) is 0 Å². The minimum absolute atomic E-state index is 0.0996. The Bertz CT molecular complexity index is 685. The molecule has 0 aromatic heterocycles. The van der Waals surface area contributed by atoms with Crippen LogP contribution in [0.25, 0.3) is 0 Å². The van der Waals surface area contributed by atoms with Gasteiger partial charge in [0.05, 0.1) is 5.60 Å². The minimum Gasteiger partial charge on any atom is -0.410 e. The number of carbonyl (C=O) groups is 1. The molecule has 0 unspecified atom stereocenters. The molecule has 0 aliphatic heterocycles. The maximum absolute atomic E-state index is 14.0. The van der Waals surface area contributed by atoms with Crippen LogP contribution in [0.1, 0.15) is 73.6 Å². The van der Waals surface area contributed by atoms with E-state index in [9.17, 15) is 4.79 Å². The van der Waals surface area contributed by atoms with Crippen LogP contribution in [-0.4, -0.2) is 19.7 Å². The number of hydrogen-bond donors (Lipinski definition) is 0. The smallest absolute Gasteiger partial charge is 0.192 e. The Balaban J connectivity index is 1.80. The van der Waals surface area contributed by atoms with Gasteiger partial charge in [0.1, 0.15) is 5.78 Å². The summed E-state index contributed by atoms with van der Waals surface area (Å²) in [5, 5.41) is 0.199. The van der Waals surface area contributed by atoms with E-state index in [0.717, 1.165) is 19.3 Å². The molecule has 0 aromatic rings. The molecule has 6 atom stereocenters. The average molecular weight is 389 g/mol. The highest BCUT2D eigenvalue weighted by Crippen LogP contribution is 2.76. The van der Waals surface area contributed by atoms with E-state index in [1.807, 2.05) is 0 Å². The van der Waals surface area contributed by atoms with Gasteiger partial charge in [0, 0.05) is 17.3 Å². The van der Waals surface area contributed by atoms with Crippen molar-refractivity contribution in [2.75, 3.05) is 0 Å². The second-order valence-corrected chi connectivity index (χ2v) is 17.0. The van der Waals surface area contributed by atoms with Crippen LogP contribution in [0.2, 0.25) is 18.1 Å². The molecular weight excluding hydrogens is 348 g/mol. The predicted octanol–water partition coefficient (Wildman–Crippen LogP) is 6.37. The van der Waals surface area contributed by atoms with E-state index in [1.54, 1.807) is 0 Å². The first-order chi connectivity index (χ1) is 12.3. The van der Waals surface area contributed by atoms with Gasteiger partial charge in [-0.25, -0.2) is 0 Å². The lowest BCUT2D eigenvalue weighted by Gasteiger charge is -2.44. The molecule has 3 fully saturated rings. The van der Waals surface area contributed by atoms with E-state index in [-0.39, 0.29) is 27.4 Å². The zero-order chi connectivity index (χ0) is 20.0. The third-order valence-electron chi connectivity index (χ3n) is 9.74. The van der Waals surface area contributed by atoms with Crippen molar-refractivity contribution >= 4 is 14.1 Å². The Labute approximate surface area is 167 Å². The number of allylic oxidation sites excluding steroid dienone is 2. The van der Waals surface area contributed by atoms with E-state index < -0.39 is 8.32 Å². The lowest BCUT2D eigenvalue weighted by Crippen LogP contribution is -2.48. The Hall–Kier alpha value is -0.413. The van der Waals surface area contributed by atoms with E-state index >= 15 is 0 Å². The molecule has 3 heteroatoms. The van der Waals surface area contributed by atoms with Crippen LogP contribution >= 0.6 is 0 Å². The van der Waals surface area contributed by atoms with Gasteiger partial charge >= 0.3 is 0 Å². The molecule has 152 valence electrons. The summed E-state index contributed by atoms with van der Waals surface area (Å²) in [5.74, 6) is 2.03. The first kappa shape index (κ1) is 19.9. The molecule has 0 radical (unpaired) electrons. The summed E-state index contributed by atoms with van der Waals surface area (Å²) in [6, 6.07) is 0. The molecule has 0 aromatic carbocycles. The van der Waals surface area contributed by atoms with Crippen molar-refractivity contribution in [1.82, 2.24) is 0 Å². The fourth-order valence-corrected chi connectivity index (χ4v) is 8.86. The molecule has 2 bridgehead atoms. The summed E-state index contributed by atoms with van der Waals surface area (Å²) in [6.45, 7) is 18.9. The monoisotopic (exact) mass is 388 g/mol. The van der Waals surface area contributed by atoms with Gasteiger partial charge in [0.15, 0.2) is 8.32 Å². The highest BCUT2D eigenvalue weighted by Gasteiger charge is 2.79. The van der Waals surface area contributed by atoms with E-state index in [2.05, 4.69) is 66.8 Å². The van der Waals surface area contributed by atoms with Gasteiger partial charge < -0.3 is 4.43 Å². The molecule has 0 saturated heterocycles. The molecule has 0 amide bonds. The Kier molecular flexibility index (Phi) is 4.12. The van der Waals surface area contributed by atoms with Crippen LogP contribution in [0.3, 0.4) is 0 Å². The normalized spacial score (nSPS) is 45.7. The topological polar surface area (TPSA) is 26.3 Å². The predicted molar refractivity (Wildman–Crippen MR) is 114 cm³/mol. The summed E-state index contributed by atoms with van der Waals surface area (Å²) >= 11 is 0. The van der Waals surface area contributed by atoms with Gasteiger partial charge in [-0.2, -0.15) is 0 Å². The molecule has 0 N–H and O–H groups in total. The summed E-state index contributed by atoms with van der Waals surface area (Å²) < 4.78 is 7.28. The summed E-state index contributed by atoms with van der Waals surface area (Å²) in [4.78, 5) is 14.0. The number of carbonyl (C=O) groups excluding carboxylic acids is 1. The van der Waals surface area contributed by atoms with Crippen LogP contribution in [-0.2, 0) is 9.22 Å². The van der Waals surface area contributed by atoms with Crippen LogP contribution in [0.5, 0.6) is 0 Å². The zero-order valence-electron chi connectivity index (χ0n) is 18.8. The van der Waals surface area contributed by atoms with Crippen molar-refractivity contribution in [1.29, 1.82) is 0 Å². The molecule has 4 aliphatic carbocycles. The maximum atomic E-state index is 14.0. The number of ketones is 1. The summed E-state index contributed by atoms with van der Waals surface area (Å²) in [6.07, 6.45) is 10.3. The van der Waals surface area contributed by atoms with E-state index in [0.29, 0.717) is 23.5 Å². The quantitative estimate of drug-likeness (QED) is 0.405. The summed E-state index contributed by atoms with van der Waals surface area (Å²) in [7, 11) is -1.91. The van der Waals surface area contributed by atoms with Gasteiger partial charge in [0.25, 0.3) is 0 Å². The molecule has 4 rings (SSSR count). The lowest BCUT2D eigenvalue weighted by atomic mass is 9.63. The van der Waals surface area contributed by atoms with Crippen LogP contribution < -0.4 is 0 Å². The SMILES string of the molecule is C[C@@H]1C[C@]2(O[Si](C)(C)C(C)(C)C)[C@H]([C@@H]3CC=C[C@@H]4CCC[C@@]14C3=O)C2(C)C. The van der Waals surface area contributed by atoms with Crippen molar-refractivity contribution in [3.8, 4) is 0 Å². The maximum Gasteiger partial charge on any atom is 0.192 e. The third-order valence-corrected chi connectivity index (χ3v) is 14.2. The van der Waals surface area contributed by atoms with Gasteiger partial charge in [-0.05, 0) is 61.1 Å². The van der Waals surface area contributed by atoms with Crippen molar-refractivity contribution in [3.63, 3.8) is 0 Å². The first-order valence-corrected chi connectivity index (χ1v) is 14.1. The lowest BCUT2D eigenvalue weighted by molar-refractivity contribution is -0.137. The largest absolute Gasteiger partial charge is 0.410 e. The second-order valence-electron chi connectivity index (χ2n) is 12.2. The number of fused-ring (bicyclic) bond motifs is 3. The highest BCUT2D eigenvalue weighted by atomic mass is 28.4. The molecule has 27 heavy (non-hydrogen) atoms. The Morgan fingerprint density at radius 2 is 1.89 bits per heavy atom. The molecule has 2 nitrogen and oxygen atoms in total. The van der Waals surface area contributed by atoms with Crippen LogP contribution in [0, 0.1) is 34.5 Å². The number of Topliss-reactive ketones (excluding diaryl/α,β-unsaturated/α-hetero) is 1. The molecule has 1 spiro atoms. The second kappa shape index (κ2) is 5.59. The molecule has 3 saturated carbocycles. The third kappa shape index (κ3) is 2.36. The van der Waals surface area contributed by atoms with Crippen LogP contribution in [0.15, 0.2) is 12.2 Å². The van der Waals surface area contributed by atoms with E-state index in [1.165, 1.54) is 12.8 Å². The number of hydrogen-bond acceptors (Lipinski definition) is 2. The molecule has 0 heterocycles. The van der Waals surface area contributed by atoms with Crippen molar-refractivity contribution in [2.24, 2.45) is 34.5 Å². The summed E-state index contributed by atoms with van der Waals surface area (Å²) in [5.41, 5.74) is -0.104. The fourth-order valence-electron chi connectivity index (χ4n) is 7.17. The highest BCUT2D eigenvalue weighted by molar-refractivity contribution is 6.74.